The van der Waals surface area contributed by atoms with Crippen LogP contribution >= 0.6 is 0 Å². The summed E-state index contributed by atoms with van der Waals surface area (Å²) in [7, 11) is 0. The molecule has 2 aliphatic carbocycles. The minimum Gasteiger partial charge on any atom is -0.213 e. The number of aromatic nitrogens is 3. The number of aryl methyl sites for hydroxylation is 2. The molecule has 2 fully saturated rings. The van der Waals surface area contributed by atoms with E-state index in [4.69, 9.17) is 15.0 Å². The Labute approximate surface area is 205 Å². The molecule has 2 atom stereocenters. The smallest absolute Gasteiger partial charge is 0.163 e. The van der Waals surface area contributed by atoms with Gasteiger partial charge in [0.2, 0.25) is 0 Å². The first kappa shape index (κ1) is 23.2. The number of nitrogens with zero attached hydrogens (tertiary/aromatic N) is 3. The zero-order valence-corrected chi connectivity index (χ0v) is 21.2. The molecule has 0 radical (unpaired) electrons. The second-order valence-electron chi connectivity index (χ2n) is 11.0. The summed E-state index contributed by atoms with van der Waals surface area (Å²) in [5.41, 5.74) is 6.18. The second-order valence-corrected chi connectivity index (χ2v) is 11.0. The maximum Gasteiger partial charge on any atom is 0.163 e. The standard InChI is InChI=1S/C31H39N3/c1-21-9-7-8-12-27(18-21)24-13-15-26(16-14-24)30-32-29(25-10-5-4-6-11-25)33-31(34-30)28-19-22(2)17-23(3)20-28/h13-17,19-21,25,27H,4-12,18H2,1-3H3. The largest absolute Gasteiger partial charge is 0.213 e. The Bertz CT molecular complexity index is 1090. The van der Waals surface area contributed by atoms with Crippen LogP contribution in [0.3, 0.4) is 0 Å². The lowest BCUT2D eigenvalue weighted by molar-refractivity contribution is 0.428. The average molecular weight is 454 g/mol. The molecule has 2 saturated carbocycles. The van der Waals surface area contributed by atoms with Crippen LogP contribution in [0.25, 0.3) is 22.8 Å². The van der Waals surface area contributed by atoms with E-state index < -0.39 is 0 Å². The maximum atomic E-state index is 5.04. The van der Waals surface area contributed by atoms with Crippen LogP contribution in [0.4, 0.5) is 0 Å². The SMILES string of the molecule is Cc1cc(C)cc(-c2nc(-c3ccc(C4CCCCC(C)C4)cc3)nc(C3CCCCC3)n2)c1. The monoisotopic (exact) mass is 453 g/mol. The first-order chi connectivity index (χ1) is 16.5. The van der Waals surface area contributed by atoms with Crippen LogP contribution < -0.4 is 0 Å². The van der Waals surface area contributed by atoms with Gasteiger partial charge in [0.1, 0.15) is 5.82 Å². The van der Waals surface area contributed by atoms with Gasteiger partial charge in [-0.3, -0.25) is 0 Å². The molecule has 5 rings (SSSR count). The van der Waals surface area contributed by atoms with Crippen LogP contribution in [0, 0.1) is 19.8 Å². The van der Waals surface area contributed by atoms with Gasteiger partial charge in [-0.25, -0.2) is 15.0 Å². The molecule has 2 aromatic carbocycles. The lowest BCUT2D eigenvalue weighted by Crippen LogP contribution is -2.11. The van der Waals surface area contributed by atoms with Crippen LogP contribution in [0.1, 0.15) is 105 Å². The van der Waals surface area contributed by atoms with E-state index in [1.807, 2.05) is 0 Å². The predicted molar refractivity (Wildman–Crippen MR) is 141 cm³/mol. The molecule has 2 aliphatic rings. The van der Waals surface area contributed by atoms with Gasteiger partial charge in [0.25, 0.3) is 0 Å². The zero-order chi connectivity index (χ0) is 23.5. The van der Waals surface area contributed by atoms with Gasteiger partial charge in [-0.2, -0.15) is 0 Å². The molecule has 1 heterocycles. The number of hydrogen-bond donors (Lipinski definition) is 0. The van der Waals surface area contributed by atoms with Gasteiger partial charge < -0.3 is 0 Å². The summed E-state index contributed by atoms with van der Waals surface area (Å²) in [6.45, 7) is 6.71. The van der Waals surface area contributed by atoms with Crippen molar-refractivity contribution in [3.8, 4) is 22.8 Å². The average Bonchev–Trinajstić information content (AvgIpc) is 3.08. The fourth-order valence-electron chi connectivity index (χ4n) is 6.11. The lowest BCUT2D eigenvalue weighted by Gasteiger charge is -2.21. The molecule has 0 N–H and O–H groups in total. The van der Waals surface area contributed by atoms with E-state index in [0.717, 1.165) is 34.5 Å². The van der Waals surface area contributed by atoms with E-state index in [0.29, 0.717) is 11.8 Å². The third-order valence-electron chi connectivity index (χ3n) is 7.93. The summed E-state index contributed by atoms with van der Waals surface area (Å²) in [6.07, 6.45) is 13.0. The topological polar surface area (TPSA) is 38.7 Å². The van der Waals surface area contributed by atoms with E-state index in [-0.39, 0.29) is 0 Å². The Kier molecular flexibility index (Phi) is 7.08. The summed E-state index contributed by atoms with van der Waals surface area (Å²) >= 11 is 0. The van der Waals surface area contributed by atoms with Crippen LogP contribution in [-0.2, 0) is 0 Å². The Morgan fingerprint density at radius 1 is 0.618 bits per heavy atom. The van der Waals surface area contributed by atoms with Crippen molar-refractivity contribution in [3.05, 3.63) is 65.0 Å². The Hall–Kier alpha value is -2.55. The molecule has 0 saturated heterocycles. The zero-order valence-electron chi connectivity index (χ0n) is 21.2. The van der Waals surface area contributed by atoms with Crippen LogP contribution in [-0.4, -0.2) is 15.0 Å². The molecule has 3 heteroatoms. The molecule has 3 aromatic rings. The van der Waals surface area contributed by atoms with Gasteiger partial charge in [0.15, 0.2) is 11.6 Å². The van der Waals surface area contributed by atoms with E-state index >= 15 is 0 Å². The van der Waals surface area contributed by atoms with Gasteiger partial charge in [-0.15, -0.1) is 0 Å². The Morgan fingerprint density at radius 3 is 1.91 bits per heavy atom. The fourth-order valence-corrected chi connectivity index (χ4v) is 6.11. The van der Waals surface area contributed by atoms with Crippen molar-refractivity contribution in [1.82, 2.24) is 15.0 Å². The maximum absolute atomic E-state index is 5.04. The highest BCUT2D eigenvalue weighted by Crippen LogP contribution is 2.36. The molecule has 3 nitrogen and oxygen atoms in total. The molecule has 0 amide bonds. The highest BCUT2D eigenvalue weighted by Gasteiger charge is 2.22. The first-order valence-corrected chi connectivity index (χ1v) is 13.5. The molecular formula is C31H39N3. The highest BCUT2D eigenvalue weighted by molar-refractivity contribution is 5.62. The van der Waals surface area contributed by atoms with E-state index in [1.54, 1.807) is 0 Å². The highest BCUT2D eigenvalue weighted by atomic mass is 15.0. The normalized spacial score (nSPS) is 21.9. The van der Waals surface area contributed by atoms with Crippen molar-refractivity contribution >= 4 is 0 Å². The van der Waals surface area contributed by atoms with Crippen molar-refractivity contribution in [1.29, 1.82) is 0 Å². The van der Waals surface area contributed by atoms with Gasteiger partial charge in [-0.05, 0) is 69.1 Å². The molecule has 0 aliphatic heterocycles. The summed E-state index contributed by atoms with van der Waals surface area (Å²) in [4.78, 5) is 15.1. The fraction of sp³-hybridized carbons (Fsp3) is 0.516. The number of hydrogen-bond acceptors (Lipinski definition) is 3. The summed E-state index contributed by atoms with van der Waals surface area (Å²) in [5, 5.41) is 0. The van der Waals surface area contributed by atoms with E-state index in [9.17, 15) is 0 Å². The van der Waals surface area contributed by atoms with E-state index in [2.05, 4.69) is 63.2 Å². The summed E-state index contributed by atoms with van der Waals surface area (Å²) < 4.78 is 0. The van der Waals surface area contributed by atoms with Crippen LogP contribution in [0.5, 0.6) is 0 Å². The van der Waals surface area contributed by atoms with Gasteiger partial charge in [-0.1, -0.05) is 86.9 Å². The first-order valence-electron chi connectivity index (χ1n) is 13.5. The molecule has 1 aromatic heterocycles. The summed E-state index contributed by atoms with van der Waals surface area (Å²) in [5.74, 6) is 4.60. The quantitative estimate of drug-likeness (QED) is 0.371. The van der Waals surface area contributed by atoms with Crippen molar-refractivity contribution in [2.45, 2.75) is 96.8 Å². The molecule has 34 heavy (non-hydrogen) atoms. The second kappa shape index (κ2) is 10.4. The van der Waals surface area contributed by atoms with E-state index in [1.165, 1.54) is 80.9 Å². The minimum absolute atomic E-state index is 0.451. The third-order valence-corrected chi connectivity index (χ3v) is 7.93. The van der Waals surface area contributed by atoms with Crippen LogP contribution in [0.2, 0.25) is 0 Å². The van der Waals surface area contributed by atoms with Crippen molar-refractivity contribution in [2.24, 2.45) is 5.92 Å². The molecule has 2 unspecified atom stereocenters. The van der Waals surface area contributed by atoms with Crippen molar-refractivity contribution in [3.63, 3.8) is 0 Å². The Morgan fingerprint density at radius 2 is 1.21 bits per heavy atom. The molecule has 0 bridgehead atoms. The number of benzene rings is 2. The van der Waals surface area contributed by atoms with Crippen molar-refractivity contribution in [2.75, 3.05) is 0 Å². The van der Waals surface area contributed by atoms with Gasteiger partial charge >= 0.3 is 0 Å². The predicted octanol–water partition coefficient (Wildman–Crippen LogP) is 8.55. The number of rotatable bonds is 4. The van der Waals surface area contributed by atoms with Gasteiger partial charge in [0.05, 0.1) is 0 Å². The summed E-state index contributed by atoms with van der Waals surface area (Å²) in [6, 6.07) is 15.8. The van der Waals surface area contributed by atoms with Gasteiger partial charge in [0, 0.05) is 17.0 Å². The third kappa shape index (κ3) is 5.40. The van der Waals surface area contributed by atoms with Crippen molar-refractivity contribution < 1.29 is 0 Å². The lowest BCUT2D eigenvalue weighted by atomic mass is 9.88. The molecule has 0 spiro atoms. The molecule has 178 valence electrons. The van der Waals surface area contributed by atoms with Crippen LogP contribution in [0.15, 0.2) is 42.5 Å². The minimum atomic E-state index is 0.451. The molecular weight excluding hydrogens is 414 g/mol. The Balaban J connectivity index is 1.50.